The van der Waals surface area contributed by atoms with Gasteiger partial charge in [0.05, 0.1) is 16.6 Å². The molecule has 2 aromatic rings. The van der Waals surface area contributed by atoms with Crippen molar-refractivity contribution >= 4 is 10.0 Å². The summed E-state index contributed by atoms with van der Waals surface area (Å²) in [6, 6.07) is 6.48. The topological polar surface area (TPSA) is 63.2 Å². The molecule has 0 unspecified atom stereocenters. The highest BCUT2D eigenvalue weighted by Gasteiger charge is 2.36. The molecule has 5 nitrogen and oxygen atoms in total. The van der Waals surface area contributed by atoms with Gasteiger partial charge in [-0.2, -0.15) is 4.31 Å². The van der Waals surface area contributed by atoms with Gasteiger partial charge in [0.2, 0.25) is 10.0 Å². The minimum Gasteiger partial charge on any atom is -0.245 e. The lowest BCUT2D eigenvalue weighted by atomic mass is 10.1. The van der Waals surface area contributed by atoms with Crippen LogP contribution in [0.25, 0.3) is 0 Å². The fourth-order valence-corrected chi connectivity index (χ4v) is 4.29. The number of hydrogen-bond acceptors (Lipinski definition) is 4. The molecular weight excluding hydrogens is 293 g/mol. The van der Waals surface area contributed by atoms with Crippen molar-refractivity contribution in [2.75, 3.05) is 6.54 Å². The summed E-state index contributed by atoms with van der Waals surface area (Å²) in [5.74, 6) is -0.561. The summed E-state index contributed by atoms with van der Waals surface area (Å²) in [4.78, 5) is 7.96. The van der Waals surface area contributed by atoms with E-state index in [0.717, 1.165) is 12.5 Å². The molecule has 0 aliphatic carbocycles. The van der Waals surface area contributed by atoms with E-state index in [1.165, 1.54) is 28.8 Å². The molecule has 0 amide bonds. The van der Waals surface area contributed by atoms with Gasteiger partial charge in [-0.25, -0.2) is 22.8 Å². The van der Waals surface area contributed by atoms with Crippen molar-refractivity contribution in [1.82, 2.24) is 14.3 Å². The Morgan fingerprint density at radius 2 is 2.14 bits per heavy atom. The van der Waals surface area contributed by atoms with Gasteiger partial charge in [-0.05, 0) is 37.1 Å². The molecule has 1 aromatic heterocycles. The van der Waals surface area contributed by atoms with Crippen LogP contribution in [0.5, 0.6) is 0 Å². The van der Waals surface area contributed by atoms with E-state index >= 15 is 0 Å². The monoisotopic (exact) mass is 307 g/mol. The molecule has 1 aliphatic heterocycles. The van der Waals surface area contributed by atoms with E-state index in [0.29, 0.717) is 18.7 Å². The molecular formula is C14H14FN3O2S. The normalized spacial score (nSPS) is 19.8. The number of sulfonamides is 1. The number of halogens is 1. The number of nitrogens with zero attached hydrogens (tertiary/aromatic N) is 3. The third-order valence-corrected chi connectivity index (χ3v) is 5.46. The van der Waals surface area contributed by atoms with Crippen LogP contribution in [0.2, 0.25) is 0 Å². The first-order chi connectivity index (χ1) is 10.1. The third-order valence-electron chi connectivity index (χ3n) is 3.55. The Morgan fingerprint density at radius 1 is 1.29 bits per heavy atom. The zero-order valence-corrected chi connectivity index (χ0v) is 12.0. The fourth-order valence-electron chi connectivity index (χ4n) is 2.58. The first-order valence-corrected chi connectivity index (χ1v) is 8.06. The minimum absolute atomic E-state index is 0.0246. The molecule has 0 radical (unpaired) electrons. The van der Waals surface area contributed by atoms with Crippen LogP contribution in [0.4, 0.5) is 4.39 Å². The molecule has 2 heterocycles. The van der Waals surface area contributed by atoms with E-state index in [-0.39, 0.29) is 10.9 Å². The summed E-state index contributed by atoms with van der Waals surface area (Å²) in [7, 11) is -3.73. The lowest BCUT2D eigenvalue weighted by Gasteiger charge is -2.23. The fraction of sp³-hybridized carbons (Fsp3) is 0.286. The molecule has 110 valence electrons. The Morgan fingerprint density at radius 3 is 2.86 bits per heavy atom. The number of aromatic nitrogens is 2. The quantitative estimate of drug-likeness (QED) is 0.871. The second-order valence-electron chi connectivity index (χ2n) is 4.87. The van der Waals surface area contributed by atoms with Crippen molar-refractivity contribution in [3.05, 3.63) is 54.4 Å². The van der Waals surface area contributed by atoms with Crippen LogP contribution in [0, 0.1) is 5.82 Å². The standard InChI is InChI=1S/C14H14FN3O2S/c15-11-3-1-4-12(9-11)21(19,20)18-8-2-5-14(18)13-6-7-16-10-17-13/h1,3-4,6-7,9-10,14H,2,5,8H2/t14-/m0/s1. The Kier molecular flexibility index (Phi) is 3.69. The van der Waals surface area contributed by atoms with E-state index in [2.05, 4.69) is 9.97 Å². The van der Waals surface area contributed by atoms with Gasteiger partial charge in [-0.3, -0.25) is 0 Å². The predicted molar refractivity (Wildman–Crippen MR) is 74.3 cm³/mol. The van der Waals surface area contributed by atoms with E-state index < -0.39 is 15.8 Å². The van der Waals surface area contributed by atoms with Gasteiger partial charge in [0.15, 0.2) is 0 Å². The second kappa shape index (κ2) is 5.50. The van der Waals surface area contributed by atoms with Gasteiger partial charge in [-0.1, -0.05) is 6.07 Å². The highest BCUT2D eigenvalue weighted by molar-refractivity contribution is 7.89. The summed E-state index contributed by atoms with van der Waals surface area (Å²) < 4.78 is 40.1. The van der Waals surface area contributed by atoms with Crippen LogP contribution in [0.3, 0.4) is 0 Å². The molecule has 3 rings (SSSR count). The van der Waals surface area contributed by atoms with Crippen LogP contribution in [0.15, 0.2) is 47.8 Å². The van der Waals surface area contributed by atoms with Gasteiger partial charge in [0.25, 0.3) is 0 Å². The molecule has 21 heavy (non-hydrogen) atoms. The Labute approximate surface area is 122 Å². The summed E-state index contributed by atoms with van der Waals surface area (Å²) in [6.45, 7) is 0.410. The van der Waals surface area contributed by atoms with Crippen molar-refractivity contribution in [3.8, 4) is 0 Å². The molecule has 0 bridgehead atoms. The molecule has 1 saturated heterocycles. The van der Waals surface area contributed by atoms with Gasteiger partial charge in [-0.15, -0.1) is 0 Å². The van der Waals surface area contributed by atoms with Crippen LogP contribution in [-0.2, 0) is 10.0 Å². The summed E-state index contributed by atoms with van der Waals surface area (Å²) in [5, 5.41) is 0. The highest BCUT2D eigenvalue weighted by Crippen LogP contribution is 2.35. The highest BCUT2D eigenvalue weighted by atomic mass is 32.2. The van der Waals surface area contributed by atoms with Crippen molar-refractivity contribution in [2.45, 2.75) is 23.8 Å². The lowest BCUT2D eigenvalue weighted by Crippen LogP contribution is -2.31. The van der Waals surface area contributed by atoms with Crippen LogP contribution >= 0.6 is 0 Å². The molecule has 1 atom stereocenters. The van der Waals surface area contributed by atoms with Crippen molar-refractivity contribution in [3.63, 3.8) is 0 Å². The molecule has 1 fully saturated rings. The van der Waals surface area contributed by atoms with Gasteiger partial charge in [0, 0.05) is 12.7 Å². The summed E-state index contributed by atoms with van der Waals surface area (Å²) in [6.07, 6.45) is 4.45. The maximum absolute atomic E-state index is 13.3. The predicted octanol–water partition coefficient (Wildman–Crippen LogP) is 2.14. The van der Waals surface area contributed by atoms with Crippen LogP contribution in [-0.4, -0.2) is 29.2 Å². The Balaban J connectivity index is 1.98. The third kappa shape index (κ3) is 2.66. The van der Waals surface area contributed by atoms with E-state index in [4.69, 9.17) is 0 Å². The van der Waals surface area contributed by atoms with Crippen molar-refractivity contribution in [2.24, 2.45) is 0 Å². The maximum Gasteiger partial charge on any atom is 0.243 e. The van der Waals surface area contributed by atoms with E-state index in [1.807, 2.05) is 0 Å². The molecule has 1 aliphatic rings. The van der Waals surface area contributed by atoms with Crippen molar-refractivity contribution < 1.29 is 12.8 Å². The zero-order valence-electron chi connectivity index (χ0n) is 11.2. The summed E-state index contributed by atoms with van der Waals surface area (Å²) >= 11 is 0. The number of benzene rings is 1. The minimum atomic E-state index is -3.73. The molecule has 0 saturated carbocycles. The van der Waals surface area contributed by atoms with Gasteiger partial charge in [0.1, 0.15) is 12.1 Å². The molecule has 0 spiro atoms. The Bertz CT molecular complexity index is 737. The number of hydrogen-bond donors (Lipinski definition) is 0. The SMILES string of the molecule is O=S(=O)(c1cccc(F)c1)N1CCC[C@H]1c1ccncn1. The first-order valence-electron chi connectivity index (χ1n) is 6.62. The van der Waals surface area contributed by atoms with E-state index in [1.54, 1.807) is 12.3 Å². The summed E-state index contributed by atoms with van der Waals surface area (Å²) in [5.41, 5.74) is 0.669. The largest absolute Gasteiger partial charge is 0.245 e. The molecule has 0 N–H and O–H groups in total. The lowest BCUT2D eigenvalue weighted by molar-refractivity contribution is 0.390. The molecule has 1 aromatic carbocycles. The van der Waals surface area contributed by atoms with Crippen LogP contribution in [0.1, 0.15) is 24.6 Å². The smallest absolute Gasteiger partial charge is 0.243 e. The maximum atomic E-state index is 13.3. The second-order valence-corrected chi connectivity index (χ2v) is 6.76. The zero-order chi connectivity index (χ0) is 14.9. The van der Waals surface area contributed by atoms with Gasteiger partial charge < -0.3 is 0 Å². The van der Waals surface area contributed by atoms with Gasteiger partial charge >= 0.3 is 0 Å². The molecule has 7 heteroatoms. The van der Waals surface area contributed by atoms with Crippen molar-refractivity contribution in [1.29, 1.82) is 0 Å². The first kappa shape index (κ1) is 14.1. The number of rotatable bonds is 3. The van der Waals surface area contributed by atoms with Crippen LogP contribution < -0.4 is 0 Å². The average molecular weight is 307 g/mol. The average Bonchev–Trinajstić information content (AvgIpc) is 2.98. The van der Waals surface area contributed by atoms with E-state index in [9.17, 15) is 12.8 Å². The Hall–Kier alpha value is -1.86.